The molecule has 0 aliphatic rings. The Kier molecular flexibility index (Phi) is 6.49. The van der Waals surface area contributed by atoms with Gasteiger partial charge in [-0.05, 0) is 43.6 Å². The molecule has 0 radical (unpaired) electrons. The third-order valence-corrected chi connectivity index (χ3v) is 2.78. The first kappa shape index (κ1) is 14.8. The molecule has 1 aromatic rings. The summed E-state index contributed by atoms with van der Waals surface area (Å²) in [6.45, 7) is 6.47. The first-order valence-corrected chi connectivity index (χ1v) is 6.49. The van der Waals surface area contributed by atoms with E-state index in [0.29, 0.717) is 0 Å². The fraction of sp³-hybridized carbons (Fsp3) is 0.500. The second kappa shape index (κ2) is 7.92. The topological polar surface area (TPSA) is 23.5 Å². The highest BCUT2D eigenvalue weighted by Gasteiger charge is 2.02. The Morgan fingerprint density at radius 2 is 2.11 bits per heavy atom. The minimum Gasteiger partial charge on any atom is -0.384 e. The molecule has 0 bridgehead atoms. The summed E-state index contributed by atoms with van der Waals surface area (Å²) < 4.78 is 0. The Morgan fingerprint density at radius 1 is 1.33 bits per heavy atom. The van der Waals surface area contributed by atoms with Crippen LogP contribution >= 0.6 is 0 Å². The summed E-state index contributed by atoms with van der Waals surface area (Å²) >= 11 is 0. The zero-order valence-corrected chi connectivity index (χ0v) is 11.6. The van der Waals surface area contributed by atoms with Crippen LogP contribution in [0, 0.1) is 17.8 Å². The summed E-state index contributed by atoms with van der Waals surface area (Å²) in [7, 11) is 2.15. The van der Waals surface area contributed by atoms with Crippen molar-refractivity contribution in [3.05, 3.63) is 35.4 Å². The van der Waals surface area contributed by atoms with Gasteiger partial charge in [-0.15, -0.1) is 0 Å². The van der Waals surface area contributed by atoms with Gasteiger partial charge < -0.3 is 10.0 Å². The van der Waals surface area contributed by atoms with E-state index in [1.54, 1.807) is 0 Å². The van der Waals surface area contributed by atoms with Gasteiger partial charge in [-0.25, -0.2) is 0 Å². The molecule has 2 heteroatoms. The molecule has 0 saturated carbocycles. The molecule has 1 aromatic carbocycles. The molecule has 0 aliphatic heterocycles. The summed E-state index contributed by atoms with van der Waals surface area (Å²) in [6, 6.07) is 8.21. The van der Waals surface area contributed by atoms with E-state index < -0.39 is 0 Å². The molecule has 0 heterocycles. The van der Waals surface area contributed by atoms with Crippen LogP contribution in [0.1, 0.15) is 31.4 Å². The second-order valence-electron chi connectivity index (χ2n) is 5.08. The van der Waals surface area contributed by atoms with Crippen LogP contribution in [-0.2, 0) is 6.54 Å². The standard InChI is InChI=1S/C16H23NO/c1-14(2)9-10-17(3)13-16-7-4-6-15(12-16)8-5-11-18/h4,6-7,12,14,18H,9-11,13H2,1-3H3. The van der Waals surface area contributed by atoms with E-state index in [-0.39, 0.29) is 6.61 Å². The number of nitrogens with zero attached hydrogens (tertiary/aromatic N) is 1. The van der Waals surface area contributed by atoms with Crippen LogP contribution in [0.5, 0.6) is 0 Å². The first-order chi connectivity index (χ1) is 8.61. The Balaban J connectivity index is 2.56. The van der Waals surface area contributed by atoms with Crippen molar-refractivity contribution in [2.24, 2.45) is 5.92 Å². The maximum absolute atomic E-state index is 8.68. The molecule has 0 spiro atoms. The average Bonchev–Trinajstić information content (AvgIpc) is 2.34. The van der Waals surface area contributed by atoms with Crippen molar-refractivity contribution in [2.75, 3.05) is 20.2 Å². The number of aliphatic hydroxyl groups is 1. The number of rotatable bonds is 5. The molecule has 0 amide bonds. The highest BCUT2D eigenvalue weighted by Crippen LogP contribution is 2.08. The van der Waals surface area contributed by atoms with Crippen LogP contribution in [0.15, 0.2) is 24.3 Å². The minimum atomic E-state index is -0.0848. The van der Waals surface area contributed by atoms with Crippen LogP contribution in [0.25, 0.3) is 0 Å². The Labute approximate surface area is 111 Å². The van der Waals surface area contributed by atoms with Gasteiger partial charge in [0.2, 0.25) is 0 Å². The van der Waals surface area contributed by atoms with Crippen LogP contribution < -0.4 is 0 Å². The Bertz CT molecular complexity index is 415. The van der Waals surface area contributed by atoms with Crippen molar-refractivity contribution in [1.82, 2.24) is 4.90 Å². The van der Waals surface area contributed by atoms with E-state index in [2.05, 4.69) is 49.8 Å². The zero-order valence-electron chi connectivity index (χ0n) is 11.6. The molecule has 1 N–H and O–H groups in total. The van der Waals surface area contributed by atoms with Crippen molar-refractivity contribution in [3.8, 4) is 11.8 Å². The third-order valence-electron chi connectivity index (χ3n) is 2.78. The predicted molar refractivity (Wildman–Crippen MR) is 76.2 cm³/mol. The lowest BCUT2D eigenvalue weighted by atomic mass is 10.1. The van der Waals surface area contributed by atoms with Crippen LogP contribution in [-0.4, -0.2) is 30.2 Å². The van der Waals surface area contributed by atoms with Crippen molar-refractivity contribution >= 4 is 0 Å². The molecule has 1 rings (SSSR count). The maximum atomic E-state index is 8.68. The van der Waals surface area contributed by atoms with E-state index in [1.807, 2.05) is 12.1 Å². The van der Waals surface area contributed by atoms with Crippen LogP contribution in [0.4, 0.5) is 0 Å². The third kappa shape index (κ3) is 5.86. The normalized spacial score (nSPS) is 10.6. The lowest BCUT2D eigenvalue weighted by Gasteiger charge is -2.18. The van der Waals surface area contributed by atoms with E-state index >= 15 is 0 Å². The summed E-state index contributed by atoms with van der Waals surface area (Å²) in [5, 5.41) is 8.68. The molecule has 0 atom stereocenters. The van der Waals surface area contributed by atoms with E-state index in [9.17, 15) is 0 Å². The molecule has 0 aromatic heterocycles. The average molecular weight is 245 g/mol. The lowest BCUT2D eigenvalue weighted by Crippen LogP contribution is -2.20. The predicted octanol–water partition coefficient (Wildman–Crippen LogP) is 2.51. The van der Waals surface area contributed by atoms with Gasteiger partial charge in [0.1, 0.15) is 6.61 Å². The number of benzene rings is 1. The van der Waals surface area contributed by atoms with Gasteiger partial charge in [-0.3, -0.25) is 0 Å². The lowest BCUT2D eigenvalue weighted by molar-refractivity contribution is 0.303. The van der Waals surface area contributed by atoms with Gasteiger partial charge in [0.25, 0.3) is 0 Å². The minimum absolute atomic E-state index is 0.0848. The summed E-state index contributed by atoms with van der Waals surface area (Å²) in [5.41, 5.74) is 2.24. The van der Waals surface area contributed by atoms with Crippen molar-refractivity contribution < 1.29 is 5.11 Å². The summed E-state index contributed by atoms with van der Waals surface area (Å²) in [6.07, 6.45) is 1.22. The largest absolute Gasteiger partial charge is 0.384 e. The molecule has 18 heavy (non-hydrogen) atoms. The molecule has 0 unspecified atom stereocenters. The van der Waals surface area contributed by atoms with Crippen LogP contribution in [0.2, 0.25) is 0 Å². The van der Waals surface area contributed by atoms with Crippen molar-refractivity contribution in [3.63, 3.8) is 0 Å². The molecule has 98 valence electrons. The Morgan fingerprint density at radius 3 is 2.78 bits per heavy atom. The van der Waals surface area contributed by atoms with E-state index in [0.717, 1.165) is 24.6 Å². The summed E-state index contributed by atoms with van der Waals surface area (Å²) in [5.74, 6) is 6.36. The van der Waals surface area contributed by atoms with Gasteiger partial charge >= 0.3 is 0 Å². The number of hydrogen-bond donors (Lipinski definition) is 1. The molecular formula is C16H23NO. The Hall–Kier alpha value is -1.30. The highest BCUT2D eigenvalue weighted by atomic mass is 16.2. The molecule has 0 aliphatic carbocycles. The van der Waals surface area contributed by atoms with Gasteiger partial charge in [-0.2, -0.15) is 0 Å². The number of aliphatic hydroxyl groups excluding tert-OH is 1. The fourth-order valence-electron chi connectivity index (χ4n) is 1.76. The first-order valence-electron chi connectivity index (χ1n) is 6.49. The van der Waals surface area contributed by atoms with Gasteiger partial charge in [0.05, 0.1) is 0 Å². The SMILES string of the molecule is CC(C)CCN(C)Cc1cccc(C#CCO)c1. The van der Waals surface area contributed by atoms with Crippen molar-refractivity contribution in [1.29, 1.82) is 0 Å². The highest BCUT2D eigenvalue weighted by molar-refractivity contribution is 5.37. The van der Waals surface area contributed by atoms with Crippen molar-refractivity contribution in [2.45, 2.75) is 26.8 Å². The van der Waals surface area contributed by atoms with Crippen LogP contribution in [0.3, 0.4) is 0 Å². The monoisotopic (exact) mass is 245 g/mol. The smallest absolute Gasteiger partial charge is 0.104 e. The fourth-order valence-corrected chi connectivity index (χ4v) is 1.76. The van der Waals surface area contributed by atoms with Gasteiger partial charge in [0, 0.05) is 12.1 Å². The quantitative estimate of drug-likeness (QED) is 0.806. The molecule has 2 nitrogen and oxygen atoms in total. The molecule has 0 saturated heterocycles. The second-order valence-corrected chi connectivity index (χ2v) is 5.08. The number of hydrogen-bond acceptors (Lipinski definition) is 2. The van der Waals surface area contributed by atoms with Gasteiger partial charge in [-0.1, -0.05) is 37.8 Å². The summed E-state index contributed by atoms with van der Waals surface area (Å²) in [4.78, 5) is 2.33. The maximum Gasteiger partial charge on any atom is 0.104 e. The zero-order chi connectivity index (χ0) is 13.4. The van der Waals surface area contributed by atoms with E-state index in [4.69, 9.17) is 5.11 Å². The van der Waals surface area contributed by atoms with Gasteiger partial charge in [0.15, 0.2) is 0 Å². The molecular weight excluding hydrogens is 222 g/mol. The van der Waals surface area contributed by atoms with E-state index in [1.165, 1.54) is 12.0 Å². The molecule has 0 fully saturated rings.